The zero-order chi connectivity index (χ0) is 10.6. The third kappa shape index (κ3) is 3.14. The van der Waals surface area contributed by atoms with Gasteiger partial charge in [-0.05, 0) is 19.1 Å². The Balaban J connectivity index is 2.74. The summed E-state index contributed by atoms with van der Waals surface area (Å²) < 4.78 is 5.09. The predicted octanol–water partition coefficient (Wildman–Crippen LogP) is 3.06. The zero-order valence-electron chi connectivity index (χ0n) is 7.84. The first-order chi connectivity index (χ1) is 6.65. The van der Waals surface area contributed by atoms with E-state index in [0.717, 1.165) is 0 Å². The van der Waals surface area contributed by atoms with E-state index in [1.807, 2.05) is 6.92 Å². The molecule has 78 valence electrons. The van der Waals surface area contributed by atoms with Crippen molar-refractivity contribution >= 4 is 23.2 Å². The molecule has 1 aromatic rings. The zero-order valence-corrected chi connectivity index (χ0v) is 9.35. The summed E-state index contributed by atoms with van der Waals surface area (Å²) in [6.07, 6.45) is -0.695. The molecule has 1 unspecified atom stereocenters. The minimum Gasteiger partial charge on any atom is -0.386 e. The Hall–Kier alpha value is -0.280. The maximum absolute atomic E-state index is 9.67. The molecule has 1 rings (SSSR count). The number of halogens is 2. The molecule has 14 heavy (non-hydrogen) atoms. The van der Waals surface area contributed by atoms with Crippen LogP contribution in [-0.2, 0) is 4.74 Å². The summed E-state index contributed by atoms with van der Waals surface area (Å²) in [7, 11) is 0. The Kier molecular flexibility index (Phi) is 4.69. The van der Waals surface area contributed by atoms with Crippen molar-refractivity contribution in [2.75, 3.05) is 13.2 Å². The second-order valence-corrected chi connectivity index (χ2v) is 3.68. The smallest absolute Gasteiger partial charge is 0.104 e. The molecule has 0 spiro atoms. The molecule has 1 atom stereocenters. The van der Waals surface area contributed by atoms with E-state index in [1.165, 1.54) is 0 Å². The van der Waals surface area contributed by atoms with Crippen molar-refractivity contribution in [2.24, 2.45) is 0 Å². The molecular formula is C10H12Cl2O2. The molecule has 0 aromatic heterocycles. The summed E-state index contributed by atoms with van der Waals surface area (Å²) >= 11 is 11.6. The predicted molar refractivity (Wildman–Crippen MR) is 57.9 cm³/mol. The van der Waals surface area contributed by atoms with Gasteiger partial charge in [-0.15, -0.1) is 0 Å². The fourth-order valence-corrected chi connectivity index (χ4v) is 1.63. The number of aliphatic hydroxyl groups is 1. The topological polar surface area (TPSA) is 29.5 Å². The second-order valence-electron chi connectivity index (χ2n) is 2.84. The Morgan fingerprint density at radius 3 is 2.71 bits per heavy atom. The van der Waals surface area contributed by atoms with Gasteiger partial charge < -0.3 is 9.84 Å². The van der Waals surface area contributed by atoms with Crippen molar-refractivity contribution in [2.45, 2.75) is 13.0 Å². The van der Waals surface area contributed by atoms with Crippen LogP contribution in [-0.4, -0.2) is 18.3 Å². The molecule has 1 N–H and O–H groups in total. The van der Waals surface area contributed by atoms with Crippen molar-refractivity contribution < 1.29 is 9.84 Å². The minimum absolute atomic E-state index is 0.248. The summed E-state index contributed by atoms with van der Waals surface area (Å²) in [5, 5.41) is 10.7. The highest BCUT2D eigenvalue weighted by Gasteiger charge is 2.11. The minimum atomic E-state index is -0.695. The average molecular weight is 235 g/mol. The van der Waals surface area contributed by atoms with Gasteiger partial charge in [0.25, 0.3) is 0 Å². The molecule has 0 saturated carbocycles. The number of hydrogen-bond acceptors (Lipinski definition) is 2. The Morgan fingerprint density at radius 1 is 1.43 bits per heavy atom. The summed E-state index contributed by atoms with van der Waals surface area (Å²) in [6.45, 7) is 2.69. The number of rotatable bonds is 4. The van der Waals surface area contributed by atoms with Crippen LogP contribution in [0.2, 0.25) is 10.0 Å². The van der Waals surface area contributed by atoms with Crippen LogP contribution >= 0.6 is 23.2 Å². The van der Waals surface area contributed by atoms with Crippen LogP contribution < -0.4 is 0 Å². The molecule has 0 aliphatic heterocycles. The van der Waals surface area contributed by atoms with E-state index in [-0.39, 0.29) is 6.61 Å². The van der Waals surface area contributed by atoms with Crippen molar-refractivity contribution in [1.29, 1.82) is 0 Å². The highest BCUT2D eigenvalue weighted by molar-refractivity contribution is 6.35. The normalized spacial score (nSPS) is 12.9. The number of ether oxygens (including phenoxy) is 1. The summed E-state index contributed by atoms with van der Waals surface area (Å²) in [5.41, 5.74) is 0.643. The first-order valence-corrected chi connectivity index (χ1v) is 5.11. The standard InChI is InChI=1S/C10H12Cl2O2/c1-2-14-6-10(13)8-4-3-7(11)5-9(8)12/h3-5,10,13H,2,6H2,1H3. The number of benzene rings is 1. The highest BCUT2D eigenvalue weighted by Crippen LogP contribution is 2.26. The highest BCUT2D eigenvalue weighted by atomic mass is 35.5. The van der Waals surface area contributed by atoms with Crippen LogP contribution in [0.15, 0.2) is 18.2 Å². The third-order valence-corrected chi connectivity index (χ3v) is 2.36. The Bertz CT molecular complexity index is 302. The largest absolute Gasteiger partial charge is 0.386 e. The van der Waals surface area contributed by atoms with Crippen LogP contribution in [0.5, 0.6) is 0 Å². The molecule has 4 heteroatoms. The van der Waals surface area contributed by atoms with E-state index in [0.29, 0.717) is 22.2 Å². The lowest BCUT2D eigenvalue weighted by Gasteiger charge is -2.12. The molecule has 0 aliphatic carbocycles. The SMILES string of the molecule is CCOCC(O)c1ccc(Cl)cc1Cl. The number of hydrogen-bond donors (Lipinski definition) is 1. The first kappa shape index (κ1) is 11.8. The molecule has 0 bridgehead atoms. The third-order valence-electron chi connectivity index (χ3n) is 1.80. The quantitative estimate of drug-likeness (QED) is 0.868. The van der Waals surface area contributed by atoms with E-state index in [2.05, 4.69) is 0 Å². The van der Waals surface area contributed by atoms with Crippen molar-refractivity contribution in [1.82, 2.24) is 0 Å². The second kappa shape index (κ2) is 5.56. The first-order valence-electron chi connectivity index (χ1n) is 4.36. The van der Waals surface area contributed by atoms with Crippen LogP contribution in [0.4, 0.5) is 0 Å². The Labute approximate surface area is 93.4 Å². The molecule has 0 radical (unpaired) electrons. The van der Waals surface area contributed by atoms with Gasteiger partial charge in [0, 0.05) is 22.2 Å². The van der Waals surface area contributed by atoms with Gasteiger partial charge in [0.15, 0.2) is 0 Å². The van der Waals surface area contributed by atoms with Gasteiger partial charge in [-0.3, -0.25) is 0 Å². The molecule has 0 aliphatic rings. The fraction of sp³-hybridized carbons (Fsp3) is 0.400. The maximum atomic E-state index is 9.67. The van der Waals surface area contributed by atoms with Crippen LogP contribution in [0, 0.1) is 0 Å². The summed E-state index contributed by atoms with van der Waals surface area (Å²) in [5.74, 6) is 0. The monoisotopic (exact) mass is 234 g/mol. The van der Waals surface area contributed by atoms with Crippen molar-refractivity contribution in [3.8, 4) is 0 Å². The molecule has 0 fully saturated rings. The molecule has 0 saturated heterocycles. The van der Waals surface area contributed by atoms with Crippen molar-refractivity contribution in [3.05, 3.63) is 33.8 Å². The van der Waals surface area contributed by atoms with Gasteiger partial charge in [0.2, 0.25) is 0 Å². The molecule has 0 amide bonds. The van der Waals surface area contributed by atoms with Crippen molar-refractivity contribution in [3.63, 3.8) is 0 Å². The van der Waals surface area contributed by atoms with Gasteiger partial charge in [-0.25, -0.2) is 0 Å². The fourth-order valence-electron chi connectivity index (χ4n) is 1.09. The molecule has 2 nitrogen and oxygen atoms in total. The lowest BCUT2D eigenvalue weighted by atomic mass is 10.1. The van der Waals surface area contributed by atoms with E-state index in [4.69, 9.17) is 27.9 Å². The van der Waals surface area contributed by atoms with E-state index in [1.54, 1.807) is 18.2 Å². The van der Waals surface area contributed by atoms with Gasteiger partial charge >= 0.3 is 0 Å². The van der Waals surface area contributed by atoms with Crippen LogP contribution in [0.3, 0.4) is 0 Å². The van der Waals surface area contributed by atoms with Crippen LogP contribution in [0.1, 0.15) is 18.6 Å². The summed E-state index contributed by atoms with van der Waals surface area (Å²) in [6, 6.07) is 5.00. The van der Waals surface area contributed by atoms with E-state index in [9.17, 15) is 5.11 Å². The van der Waals surface area contributed by atoms with Gasteiger partial charge in [0.1, 0.15) is 6.10 Å². The molecular weight excluding hydrogens is 223 g/mol. The van der Waals surface area contributed by atoms with Gasteiger partial charge in [0.05, 0.1) is 6.61 Å². The van der Waals surface area contributed by atoms with Gasteiger partial charge in [-0.1, -0.05) is 29.3 Å². The summed E-state index contributed by atoms with van der Waals surface area (Å²) in [4.78, 5) is 0. The maximum Gasteiger partial charge on any atom is 0.104 e. The molecule has 0 heterocycles. The van der Waals surface area contributed by atoms with E-state index >= 15 is 0 Å². The van der Waals surface area contributed by atoms with Crippen LogP contribution in [0.25, 0.3) is 0 Å². The average Bonchev–Trinajstić information content (AvgIpc) is 2.14. The van der Waals surface area contributed by atoms with E-state index < -0.39 is 6.10 Å². The lowest BCUT2D eigenvalue weighted by molar-refractivity contribution is 0.0421. The van der Waals surface area contributed by atoms with Gasteiger partial charge in [-0.2, -0.15) is 0 Å². The lowest BCUT2D eigenvalue weighted by Crippen LogP contribution is -2.07. The number of aliphatic hydroxyl groups excluding tert-OH is 1. The Morgan fingerprint density at radius 2 is 2.14 bits per heavy atom. The molecule has 1 aromatic carbocycles.